The third-order valence-corrected chi connectivity index (χ3v) is 16.1. The first-order valence-electron chi connectivity index (χ1n) is 27.4. The Labute approximate surface area is 461 Å². The Balaban J connectivity index is 0.841. The minimum Gasteiger partial charge on any atom is -0.316 e. The van der Waals surface area contributed by atoms with Gasteiger partial charge in [-0.3, -0.25) is 0 Å². The molecule has 0 fully saturated rings. The number of para-hydroxylation sites is 3. The zero-order valence-corrected chi connectivity index (χ0v) is 43.5. The highest BCUT2D eigenvalue weighted by atomic mass is 15.0. The summed E-state index contributed by atoms with van der Waals surface area (Å²) in [7, 11) is 0. The van der Waals surface area contributed by atoms with E-state index >= 15 is 0 Å². The summed E-state index contributed by atoms with van der Waals surface area (Å²) in [6, 6.07) is 87.5. The van der Waals surface area contributed by atoms with Crippen molar-refractivity contribution in [3.05, 3.63) is 279 Å². The number of benzene rings is 10. The Morgan fingerprint density at radius 1 is 0.287 bits per heavy atom. The van der Waals surface area contributed by atoms with Gasteiger partial charge in [-0.15, -0.1) is 0 Å². The van der Waals surface area contributed by atoms with Crippen LogP contribution in [0.5, 0.6) is 0 Å². The van der Waals surface area contributed by atoms with Crippen molar-refractivity contribution in [1.29, 1.82) is 0 Å². The fraction of sp³-hybridized carbons (Fsp3) is 0.0274. The van der Waals surface area contributed by atoms with Crippen LogP contribution in [-0.4, -0.2) is 33.2 Å². The van der Waals surface area contributed by atoms with Crippen LogP contribution in [0, 0.1) is 0 Å². The van der Waals surface area contributed by atoms with Gasteiger partial charge in [-0.05, 0) is 138 Å². The molecule has 0 saturated heterocycles. The van der Waals surface area contributed by atoms with E-state index in [0.717, 1.165) is 85.5 Å². The first-order valence-corrected chi connectivity index (χ1v) is 27.4. The normalized spacial score (nSPS) is 12.7. The standard InChI is InChI=1S/C73H49N7/c1-6-18-48(19-7-1)71-74-72(49-20-8-2-9-21-49)76-73(75-71)54-24-17-31-58(45-54)80-68-37-33-53(47-64(68)60-35-39-66-62(70(60)80)41-43-78(66)56-27-12-4-13-28-56)51-23-16-22-50(44-51)52-32-36-67-63(46-52)59-34-38-65-61(40-42-77(65)55-25-10-3-11-26-55)69(59)79(67)57-29-14-5-15-30-57/h1,3-8,10-47H,2,9H2. The lowest BCUT2D eigenvalue weighted by atomic mass is 9.97. The Hall–Kier alpha value is -10.6. The third kappa shape index (κ3) is 7.47. The second-order valence-corrected chi connectivity index (χ2v) is 20.7. The molecule has 0 bridgehead atoms. The molecule has 5 heterocycles. The van der Waals surface area contributed by atoms with Crippen LogP contribution in [-0.2, 0) is 0 Å². The van der Waals surface area contributed by atoms with Crippen molar-refractivity contribution in [2.45, 2.75) is 12.8 Å². The summed E-state index contributed by atoms with van der Waals surface area (Å²) in [5.74, 6) is 1.97. The topological polar surface area (TPSA) is 58.4 Å². The molecule has 16 rings (SSSR count). The molecule has 0 saturated carbocycles. The lowest BCUT2D eigenvalue weighted by Gasteiger charge is -2.13. The average molecular weight is 1020 g/mol. The van der Waals surface area contributed by atoms with Gasteiger partial charge in [-0.1, -0.05) is 158 Å². The van der Waals surface area contributed by atoms with Gasteiger partial charge in [-0.25, -0.2) is 15.0 Å². The molecular formula is C73H49N7. The van der Waals surface area contributed by atoms with Crippen molar-refractivity contribution in [2.24, 2.45) is 0 Å². The van der Waals surface area contributed by atoms with E-state index in [2.05, 4.69) is 273 Å². The average Bonchev–Trinajstić information content (AvgIpc) is 4.40. The van der Waals surface area contributed by atoms with Crippen molar-refractivity contribution in [1.82, 2.24) is 33.2 Å². The molecule has 80 heavy (non-hydrogen) atoms. The summed E-state index contributed by atoms with van der Waals surface area (Å²) in [6.45, 7) is 0. The lowest BCUT2D eigenvalue weighted by Crippen LogP contribution is -2.03. The Bertz CT molecular complexity index is 4980. The molecule has 5 aromatic heterocycles. The van der Waals surface area contributed by atoms with Gasteiger partial charge in [0.1, 0.15) is 0 Å². The number of aromatic nitrogens is 7. The monoisotopic (exact) mass is 1020 g/mol. The second kappa shape index (κ2) is 18.5. The van der Waals surface area contributed by atoms with Crippen LogP contribution in [0.3, 0.4) is 0 Å². The smallest absolute Gasteiger partial charge is 0.164 e. The van der Waals surface area contributed by atoms with Crippen LogP contribution in [0.2, 0.25) is 0 Å². The van der Waals surface area contributed by atoms with Gasteiger partial charge in [0, 0.05) is 84.2 Å². The number of hydrogen-bond acceptors (Lipinski definition) is 3. The highest BCUT2D eigenvalue weighted by molar-refractivity contribution is 6.20. The zero-order valence-electron chi connectivity index (χ0n) is 43.5. The first-order chi connectivity index (χ1) is 39.7. The maximum Gasteiger partial charge on any atom is 0.164 e. The molecule has 1 aliphatic rings. The molecule has 0 unspecified atom stereocenters. The molecule has 7 heteroatoms. The van der Waals surface area contributed by atoms with Crippen LogP contribution in [0.25, 0.3) is 139 Å². The largest absolute Gasteiger partial charge is 0.316 e. The maximum absolute atomic E-state index is 5.17. The van der Waals surface area contributed by atoms with E-state index in [1.807, 2.05) is 18.2 Å². The van der Waals surface area contributed by atoms with E-state index in [1.165, 1.54) is 54.4 Å². The molecule has 10 aromatic carbocycles. The maximum atomic E-state index is 5.17. The van der Waals surface area contributed by atoms with Gasteiger partial charge in [0.25, 0.3) is 0 Å². The van der Waals surface area contributed by atoms with E-state index in [4.69, 9.17) is 15.0 Å². The van der Waals surface area contributed by atoms with Crippen molar-refractivity contribution >= 4 is 71.0 Å². The predicted octanol–water partition coefficient (Wildman–Crippen LogP) is 18.4. The van der Waals surface area contributed by atoms with Crippen LogP contribution in [0.15, 0.2) is 273 Å². The molecular weight excluding hydrogens is 975 g/mol. The highest BCUT2D eigenvalue weighted by Gasteiger charge is 2.22. The Kier molecular flexibility index (Phi) is 10.6. The van der Waals surface area contributed by atoms with Gasteiger partial charge in [-0.2, -0.15) is 0 Å². The predicted molar refractivity (Wildman–Crippen MR) is 330 cm³/mol. The van der Waals surface area contributed by atoms with Gasteiger partial charge < -0.3 is 18.3 Å². The van der Waals surface area contributed by atoms with Crippen LogP contribution in [0.1, 0.15) is 18.7 Å². The molecule has 15 aromatic rings. The summed E-state index contributed by atoms with van der Waals surface area (Å²) >= 11 is 0. The fourth-order valence-electron chi connectivity index (χ4n) is 12.3. The second-order valence-electron chi connectivity index (χ2n) is 20.7. The first kappa shape index (κ1) is 45.6. The minimum absolute atomic E-state index is 0.635. The molecule has 0 aliphatic heterocycles. The van der Waals surface area contributed by atoms with E-state index in [0.29, 0.717) is 17.5 Å². The summed E-state index contributed by atoms with van der Waals surface area (Å²) in [6.07, 6.45) is 12.9. The fourth-order valence-corrected chi connectivity index (χ4v) is 12.3. The van der Waals surface area contributed by atoms with Gasteiger partial charge >= 0.3 is 0 Å². The SMILES string of the molecule is C1=CC(c2nc(-c3ccccc3)nc(-c3cccc(-n4c5ccc(-c6cccc(-c7ccc8c(c7)c7ccc9c(ccn9-c9ccccc9)c7n8-c7ccccc7)c6)cc5c5ccc6c(ccn6-c6ccccc6)c54)c3)n2)=CCC1. The number of nitrogens with zero attached hydrogens (tertiary/aromatic N) is 7. The number of fused-ring (bicyclic) bond motifs is 10. The molecule has 7 nitrogen and oxygen atoms in total. The third-order valence-electron chi connectivity index (χ3n) is 16.1. The molecule has 0 atom stereocenters. The minimum atomic E-state index is 0.635. The summed E-state index contributed by atoms with van der Waals surface area (Å²) in [4.78, 5) is 15.3. The Morgan fingerprint density at radius 3 is 1.30 bits per heavy atom. The zero-order chi connectivity index (χ0) is 52.7. The van der Waals surface area contributed by atoms with Crippen molar-refractivity contribution < 1.29 is 0 Å². The van der Waals surface area contributed by atoms with E-state index in [1.54, 1.807) is 0 Å². The summed E-state index contributed by atoms with van der Waals surface area (Å²) in [5, 5.41) is 7.19. The molecule has 376 valence electrons. The van der Waals surface area contributed by atoms with Gasteiger partial charge in [0.2, 0.25) is 0 Å². The van der Waals surface area contributed by atoms with Gasteiger partial charge in [0.05, 0.1) is 33.1 Å². The van der Waals surface area contributed by atoms with Crippen molar-refractivity contribution in [2.75, 3.05) is 0 Å². The highest BCUT2D eigenvalue weighted by Crippen LogP contribution is 2.43. The summed E-state index contributed by atoms with van der Waals surface area (Å²) in [5.41, 5.74) is 18.9. The molecule has 1 aliphatic carbocycles. The number of hydrogen-bond donors (Lipinski definition) is 0. The molecule has 0 radical (unpaired) electrons. The number of rotatable bonds is 9. The quantitative estimate of drug-likeness (QED) is 0.145. The lowest BCUT2D eigenvalue weighted by molar-refractivity contribution is 1.01. The van der Waals surface area contributed by atoms with Crippen LogP contribution >= 0.6 is 0 Å². The van der Waals surface area contributed by atoms with Crippen LogP contribution in [0.4, 0.5) is 0 Å². The summed E-state index contributed by atoms with van der Waals surface area (Å²) < 4.78 is 9.45. The molecule has 0 amide bonds. The van der Waals surface area contributed by atoms with Gasteiger partial charge in [0.15, 0.2) is 17.5 Å². The van der Waals surface area contributed by atoms with Crippen molar-refractivity contribution in [3.63, 3.8) is 0 Å². The molecule has 0 N–H and O–H groups in total. The van der Waals surface area contributed by atoms with Crippen LogP contribution < -0.4 is 0 Å². The van der Waals surface area contributed by atoms with E-state index < -0.39 is 0 Å². The van der Waals surface area contributed by atoms with Crippen molar-refractivity contribution in [3.8, 4) is 67.8 Å². The van der Waals surface area contributed by atoms with E-state index in [-0.39, 0.29) is 0 Å². The van der Waals surface area contributed by atoms with E-state index in [9.17, 15) is 0 Å². The molecule has 0 spiro atoms. The Morgan fingerprint density at radius 2 is 0.738 bits per heavy atom. The number of allylic oxidation sites excluding steroid dienone is 4.